The van der Waals surface area contributed by atoms with Gasteiger partial charge in [0.05, 0.1) is 12.8 Å². The third-order valence-corrected chi connectivity index (χ3v) is 3.36. The van der Waals surface area contributed by atoms with Crippen LogP contribution in [-0.2, 0) is 4.74 Å². The first-order valence-electron chi connectivity index (χ1n) is 6.30. The average Bonchev–Trinajstić information content (AvgIpc) is 3.07. The van der Waals surface area contributed by atoms with Gasteiger partial charge in [0.2, 0.25) is 0 Å². The van der Waals surface area contributed by atoms with E-state index in [1.807, 2.05) is 30.3 Å². The predicted molar refractivity (Wildman–Crippen MR) is 68.5 cm³/mol. The van der Waals surface area contributed by atoms with Crippen LogP contribution < -0.4 is 0 Å². The molecule has 1 aliphatic heterocycles. The second-order valence-corrected chi connectivity index (χ2v) is 4.68. The fourth-order valence-electron chi connectivity index (χ4n) is 2.24. The van der Waals surface area contributed by atoms with Gasteiger partial charge in [-0.2, -0.15) is 0 Å². The Bertz CT molecular complexity index is 574. The van der Waals surface area contributed by atoms with Crippen LogP contribution in [0, 0.1) is 0 Å². The summed E-state index contributed by atoms with van der Waals surface area (Å²) in [6.45, 7) is -0.366. The standard InChI is InChI=1S/C13H15N3O4/c17-7-10-11(18)12(19)13(20-10)16-6-9(14-15-16)8-4-2-1-3-5-8/h1-6,10-13,17-19H,7H2/t10-,11-,12-,13-/m0/s1. The van der Waals surface area contributed by atoms with E-state index in [1.54, 1.807) is 6.20 Å². The molecule has 7 heteroatoms. The van der Waals surface area contributed by atoms with Crippen molar-refractivity contribution >= 4 is 0 Å². The molecule has 0 amide bonds. The normalized spacial score (nSPS) is 29.8. The van der Waals surface area contributed by atoms with Crippen LogP contribution in [0.15, 0.2) is 36.5 Å². The van der Waals surface area contributed by atoms with Crippen LogP contribution in [0.1, 0.15) is 6.23 Å². The first-order valence-corrected chi connectivity index (χ1v) is 6.30. The first kappa shape index (κ1) is 13.2. The van der Waals surface area contributed by atoms with E-state index in [0.717, 1.165) is 5.56 Å². The summed E-state index contributed by atoms with van der Waals surface area (Å²) in [6.07, 6.45) is -2.34. The number of aliphatic hydroxyl groups is 3. The Morgan fingerprint density at radius 1 is 1.15 bits per heavy atom. The van der Waals surface area contributed by atoms with E-state index in [-0.39, 0.29) is 6.61 Å². The van der Waals surface area contributed by atoms with Crippen molar-refractivity contribution in [3.05, 3.63) is 36.5 Å². The molecule has 0 radical (unpaired) electrons. The van der Waals surface area contributed by atoms with Gasteiger partial charge in [-0.25, -0.2) is 4.68 Å². The highest BCUT2D eigenvalue weighted by molar-refractivity contribution is 5.57. The quantitative estimate of drug-likeness (QED) is 0.703. The van der Waals surface area contributed by atoms with Gasteiger partial charge in [-0.1, -0.05) is 35.5 Å². The Labute approximate surface area is 115 Å². The van der Waals surface area contributed by atoms with Gasteiger partial charge in [0.25, 0.3) is 0 Å². The third kappa shape index (κ3) is 2.20. The van der Waals surface area contributed by atoms with Crippen molar-refractivity contribution in [1.82, 2.24) is 15.0 Å². The average molecular weight is 277 g/mol. The van der Waals surface area contributed by atoms with Crippen molar-refractivity contribution in [1.29, 1.82) is 0 Å². The summed E-state index contributed by atoms with van der Waals surface area (Å²) in [5.74, 6) is 0. The Kier molecular flexibility index (Phi) is 3.49. The smallest absolute Gasteiger partial charge is 0.180 e. The lowest BCUT2D eigenvalue weighted by Gasteiger charge is -2.13. The summed E-state index contributed by atoms with van der Waals surface area (Å²) >= 11 is 0. The lowest BCUT2D eigenvalue weighted by Crippen LogP contribution is -2.33. The highest BCUT2D eigenvalue weighted by Crippen LogP contribution is 2.29. The summed E-state index contributed by atoms with van der Waals surface area (Å²) in [5, 5.41) is 36.6. The lowest BCUT2D eigenvalue weighted by atomic mass is 10.1. The van der Waals surface area contributed by atoms with Gasteiger partial charge < -0.3 is 20.1 Å². The van der Waals surface area contributed by atoms with Gasteiger partial charge in [0, 0.05) is 5.56 Å². The van der Waals surface area contributed by atoms with E-state index in [1.165, 1.54) is 4.68 Å². The number of hydrogen-bond acceptors (Lipinski definition) is 6. The Morgan fingerprint density at radius 3 is 2.55 bits per heavy atom. The van der Waals surface area contributed by atoms with Crippen LogP contribution in [0.3, 0.4) is 0 Å². The number of nitrogens with zero attached hydrogens (tertiary/aromatic N) is 3. The van der Waals surface area contributed by atoms with Gasteiger partial charge in [-0.05, 0) is 0 Å². The summed E-state index contributed by atoms with van der Waals surface area (Å²) < 4.78 is 6.73. The molecule has 3 rings (SSSR count). The lowest BCUT2D eigenvalue weighted by molar-refractivity contribution is -0.0593. The van der Waals surface area contributed by atoms with Gasteiger partial charge in [0.1, 0.15) is 24.0 Å². The maximum absolute atomic E-state index is 9.92. The maximum atomic E-state index is 9.92. The number of aromatic nitrogens is 3. The van der Waals surface area contributed by atoms with Gasteiger partial charge in [-0.3, -0.25) is 0 Å². The molecule has 4 atom stereocenters. The first-order chi connectivity index (χ1) is 9.70. The minimum absolute atomic E-state index is 0.366. The molecule has 1 saturated heterocycles. The highest BCUT2D eigenvalue weighted by atomic mass is 16.6. The van der Waals surface area contributed by atoms with Gasteiger partial charge in [-0.15, -0.1) is 5.10 Å². The molecule has 0 unspecified atom stereocenters. The molecule has 2 heterocycles. The Hall–Kier alpha value is -1.80. The number of hydrogen-bond donors (Lipinski definition) is 3. The number of ether oxygens (including phenoxy) is 1. The molecule has 0 saturated carbocycles. The van der Waals surface area contributed by atoms with E-state index in [0.29, 0.717) is 5.69 Å². The van der Waals surface area contributed by atoms with Crippen LogP contribution in [0.4, 0.5) is 0 Å². The summed E-state index contributed by atoms with van der Waals surface area (Å²) in [6, 6.07) is 9.47. The fourth-order valence-corrected chi connectivity index (χ4v) is 2.24. The maximum Gasteiger partial charge on any atom is 0.180 e. The van der Waals surface area contributed by atoms with Gasteiger partial charge >= 0.3 is 0 Å². The molecule has 1 aliphatic rings. The van der Waals surface area contributed by atoms with Crippen LogP contribution in [0.2, 0.25) is 0 Å². The zero-order chi connectivity index (χ0) is 14.1. The summed E-state index contributed by atoms with van der Waals surface area (Å²) in [5.41, 5.74) is 1.54. The summed E-state index contributed by atoms with van der Waals surface area (Å²) in [4.78, 5) is 0. The SMILES string of the molecule is OC[C@@H]1O[C@H](n2cc(-c3ccccc3)nn2)[C@@H](O)[C@H]1O. The largest absolute Gasteiger partial charge is 0.394 e. The predicted octanol–water partition coefficient (Wildman–Crippen LogP) is -0.443. The van der Waals surface area contributed by atoms with Crippen molar-refractivity contribution < 1.29 is 20.1 Å². The van der Waals surface area contributed by atoms with Crippen molar-refractivity contribution in [2.75, 3.05) is 6.61 Å². The van der Waals surface area contributed by atoms with E-state index in [2.05, 4.69) is 10.3 Å². The molecule has 1 fully saturated rings. The van der Waals surface area contributed by atoms with E-state index < -0.39 is 24.5 Å². The number of aliphatic hydroxyl groups excluding tert-OH is 3. The highest BCUT2D eigenvalue weighted by Gasteiger charge is 2.43. The minimum atomic E-state index is -1.16. The van der Waals surface area contributed by atoms with E-state index in [9.17, 15) is 10.2 Å². The van der Waals surface area contributed by atoms with Crippen LogP contribution >= 0.6 is 0 Å². The molecule has 2 aromatic rings. The molecule has 0 aliphatic carbocycles. The molecule has 7 nitrogen and oxygen atoms in total. The van der Waals surface area contributed by atoms with Crippen molar-refractivity contribution in [3.8, 4) is 11.3 Å². The number of rotatable bonds is 3. The number of benzene rings is 1. The molecular formula is C13H15N3O4. The van der Waals surface area contributed by atoms with E-state index in [4.69, 9.17) is 9.84 Å². The van der Waals surface area contributed by atoms with Crippen molar-refractivity contribution in [2.45, 2.75) is 24.5 Å². The van der Waals surface area contributed by atoms with E-state index >= 15 is 0 Å². The second kappa shape index (κ2) is 5.29. The van der Waals surface area contributed by atoms with Gasteiger partial charge in [0.15, 0.2) is 6.23 Å². The third-order valence-electron chi connectivity index (χ3n) is 3.36. The summed E-state index contributed by atoms with van der Waals surface area (Å²) in [7, 11) is 0. The van der Waals surface area contributed by atoms with Crippen LogP contribution in [-0.4, -0.2) is 55.2 Å². The molecule has 20 heavy (non-hydrogen) atoms. The molecule has 0 bridgehead atoms. The molecule has 106 valence electrons. The Balaban J connectivity index is 1.84. The fraction of sp³-hybridized carbons (Fsp3) is 0.385. The van der Waals surface area contributed by atoms with Crippen LogP contribution in [0.25, 0.3) is 11.3 Å². The molecule has 3 N–H and O–H groups in total. The second-order valence-electron chi connectivity index (χ2n) is 4.68. The van der Waals surface area contributed by atoms with Crippen LogP contribution in [0.5, 0.6) is 0 Å². The molecule has 1 aromatic carbocycles. The topological polar surface area (TPSA) is 101 Å². The minimum Gasteiger partial charge on any atom is -0.394 e. The van der Waals surface area contributed by atoms with Crippen molar-refractivity contribution in [3.63, 3.8) is 0 Å². The zero-order valence-corrected chi connectivity index (χ0v) is 10.6. The Morgan fingerprint density at radius 2 is 1.90 bits per heavy atom. The molecular weight excluding hydrogens is 262 g/mol. The monoisotopic (exact) mass is 277 g/mol. The molecule has 1 aromatic heterocycles. The van der Waals surface area contributed by atoms with Crippen molar-refractivity contribution in [2.24, 2.45) is 0 Å². The zero-order valence-electron chi connectivity index (χ0n) is 10.6. The molecule has 0 spiro atoms.